The fraction of sp³-hybridized carbons (Fsp3) is 0.647. The summed E-state index contributed by atoms with van der Waals surface area (Å²) in [6, 6.07) is 4.86. The van der Waals surface area contributed by atoms with Crippen molar-refractivity contribution in [1.29, 1.82) is 0 Å². The topological polar surface area (TPSA) is 26.0 Å². The molecule has 1 nitrogen and oxygen atoms in total. The first-order chi connectivity index (χ1) is 9.08. The van der Waals surface area contributed by atoms with Crippen molar-refractivity contribution in [1.82, 2.24) is 0 Å². The van der Waals surface area contributed by atoms with Crippen molar-refractivity contribution in [3.8, 4) is 0 Å². The molecule has 2 rings (SSSR count). The summed E-state index contributed by atoms with van der Waals surface area (Å²) in [5, 5.41) is 0.957. The summed E-state index contributed by atoms with van der Waals surface area (Å²) < 4.78 is 0. The summed E-state index contributed by atoms with van der Waals surface area (Å²) in [4.78, 5) is 0. The highest BCUT2D eigenvalue weighted by molar-refractivity contribution is 6.31. The van der Waals surface area contributed by atoms with Crippen molar-refractivity contribution < 1.29 is 0 Å². The fourth-order valence-corrected chi connectivity index (χ4v) is 3.14. The SMILES string of the molecule is CC(C)C(N)CCCc1cc2c(cc1Cl)CCCC2. The number of hydrogen-bond donors (Lipinski definition) is 1. The second-order valence-corrected chi connectivity index (χ2v) is 6.63. The van der Waals surface area contributed by atoms with Gasteiger partial charge in [0.2, 0.25) is 0 Å². The van der Waals surface area contributed by atoms with Crippen molar-refractivity contribution in [2.75, 3.05) is 0 Å². The van der Waals surface area contributed by atoms with Gasteiger partial charge in [-0.2, -0.15) is 0 Å². The summed E-state index contributed by atoms with van der Waals surface area (Å²) in [7, 11) is 0. The van der Waals surface area contributed by atoms with Crippen LogP contribution in [0.2, 0.25) is 5.02 Å². The number of halogens is 1. The minimum Gasteiger partial charge on any atom is -0.327 e. The molecule has 1 aliphatic rings. The third kappa shape index (κ3) is 3.97. The lowest BCUT2D eigenvalue weighted by Gasteiger charge is -2.19. The fourth-order valence-electron chi connectivity index (χ4n) is 2.86. The largest absolute Gasteiger partial charge is 0.327 e. The van der Waals surface area contributed by atoms with E-state index < -0.39 is 0 Å². The lowest BCUT2D eigenvalue weighted by molar-refractivity contribution is 0.452. The Morgan fingerprint density at radius 3 is 2.42 bits per heavy atom. The van der Waals surface area contributed by atoms with Gasteiger partial charge in [-0.3, -0.25) is 0 Å². The van der Waals surface area contributed by atoms with Crippen LogP contribution in [0.25, 0.3) is 0 Å². The van der Waals surface area contributed by atoms with Gasteiger partial charge in [0.05, 0.1) is 0 Å². The Labute approximate surface area is 122 Å². The Kier molecular flexibility index (Phi) is 5.29. The zero-order chi connectivity index (χ0) is 13.8. The molecule has 0 saturated carbocycles. The minimum atomic E-state index is 0.316. The molecule has 2 heteroatoms. The van der Waals surface area contributed by atoms with Crippen LogP contribution in [0.4, 0.5) is 0 Å². The van der Waals surface area contributed by atoms with Crippen LogP contribution in [0.1, 0.15) is 56.2 Å². The Morgan fingerprint density at radius 2 is 1.79 bits per heavy atom. The third-order valence-electron chi connectivity index (χ3n) is 4.35. The van der Waals surface area contributed by atoms with Crippen LogP contribution < -0.4 is 5.73 Å². The first-order valence-corrected chi connectivity index (χ1v) is 8.01. The molecule has 1 aliphatic carbocycles. The maximum absolute atomic E-state index is 6.41. The van der Waals surface area contributed by atoms with Crippen LogP contribution in [0.5, 0.6) is 0 Å². The maximum Gasteiger partial charge on any atom is 0.0440 e. The molecule has 0 spiro atoms. The van der Waals surface area contributed by atoms with E-state index >= 15 is 0 Å². The number of hydrogen-bond acceptors (Lipinski definition) is 1. The molecule has 0 radical (unpaired) electrons. The average Bonchev–Trinajstić information content (AvgIpc) is 2.39. The zero-order valence-corrected chi connectivity index (χ0v) is 13.0. The number of nitrogens with two attached hydrogens (primary N) is 1. The number of fused-ring (bicyclic) bond motifs is 1. The minimum absolute atomic E-state index is 0.316. The third-order valence-corrected chi connectivity index (χ3v) is 4.70. The standard InChI is InChI=1S/C17H26ClN/c1-12(2)17(19)9-5-8-15-10-13-6-3-4-7-14(13)11-16(15)18/h10-12,17H,3-9,19H2,1-2H3. The summed E-state index contributed by atoms with van der Waals surface area (Å²) in [5.41, 5.74) is 10.4. The number of rotatable bonds is 5. The second kappa shape index (κ2) is 6.76. The summed E-state index contributed by atoms with van der Waals surface area (Å²) in [5.74, 6) is 0.569. The Balaban J connectivity index is 1.97. The molecular formula is C17H26ClN. The molecule has 0 amide bonds. The van der Waals surface area contributed by atoms with Crippen LogP contribution >= 0.6 is 11.6 Å². The van der Waals surface area contributed by atoms with Gasteiger partial charge in [-0.15, -0.1) is 0 Å². The van der Waals surface area contributed by atoms with E-state index in [2.05, 4.69) is 26.0 Å². The summed E-state index contributed by atoms with van der Waals surface area (Å²) in [6.45, 7) is 4.38. The van der Waals surface area contributed by atoms with Gasteiger partial charge in [0.15, 0.2) is 0 Å². The van der Waals surface area contributed by atoms with Gasteiger partial charge in [0.25, 0.3) is 0 Å². The first kappa shape index (κ1) is 14.9. The molecule has 19 heavy (non-hydrogen) atoms. The van der Waals surface area contributed by atoms with E-state index in [-0.39, 0.29) is 0 Å². The summed E-state index contributed by atoms with van der Waals surface area (Å²) >= 11 is 6.41. The van der Waals surface area contributed by atoms with Gasteiger partial charge in [-0.25, -0.2) is 0 Å². The van der Waals surface area contributed by atoms with Crippen LogP contribution in [0, 0.1) is 5.92 Å². The van der Waals surface area contributed by atoms with Gasteiger partial charge in [0.1, 0.15) is 0 Å². The second-order valence-electron chi connectivity index (χ2n) is 6.22. The molecule has 0 fully saturated rings. The van der Waals surface area contributed by atoms with Gasteiger partial charge >= 0.3 is 0 Å². The Morgan fingerprint density at radius 1 is 1.16 bits per heavy atom. The van der Waals surface area contributed by atoms with E-state index in [1.54, 1.807) is 0 Å². The van der Waals surface area contributed by atoms with Crippen molar-refractivity contribution >= 4 is 11.6 Å². The van der Waals surface area contributed by atoms with Crippen LogP contribution in [-0.4, -0.2) is 6.04 Å². The van der Waals surface area contributed by atoms with Crippen molar-refractivity contribution in [2.24, 2.45) is 11.7 Å². The molecule has 1 aromatic rings. The molecule has 1 aromatic carbocycles. The Hall–Kier alpha value is -0.530. The van der Waals surface area contributed by atoms with E-state index in [0.29, 0.717) is 12.0 Å². The molecule has 0 bridgehead atoms. The van der Waals surface area contributed by atoms with Gasteiger partial charge in [0, 0.05) is 11.1 Å². The normalized spacial score (nSPS) is 16.5. The van der Waals surface area contributed by atoms with Gasteiger partial charge in [-0.1, -0.05) is 31.5 Å². The van der Waals surface area contributed by atoms with E-state index in [4.69, 9.17) is 17.3 Å². The molecule has 2 N–H and O–H groups in total. The molecule has 0 heterocycles. The molecular weight excluding hydrogens is 254 g/mol. The number of benzene rings is 1. The van der Waals surface area contributed by atoms with E-state index in [0.717, 1.165) is 24.3 Å². The van der Waals surface area contributed by atoms with Crippen LogP contribution in [0.3, 0.4) is 0 Å². The number of aryl methyl sites for hydroxylation is 3. The molecule has 1 atom stereocenters. The monoisotopic (exact) mass is 279 g/mol. The predicted octanol–water partition coefficient (Wildman–Crippen LogP) is 4.52. The maximum atomic E-state index is 6.41. The highest BCUT2D eigenvalue weighted by Crippen LogP contribution is 2.28. The molecule has 0 aliphatic heterocycles. The molecule has 0 aromatic heterocycles. The summed E-state index contributed by atoms with van der Waals surface area (Å²) in [6.07, 6.45) is 8.35. The van der Waals surface area contributed by atoms with Crippen LogP contribution in [0.15, 0.2) is 12.1 Å². The molecule has 106 valence electrons. The molecule has 0 saturated heterocycles. The smallest absolute Gasteiger partial charge is 0.0440 e. The van der Waals surface area contributed by atoms with Crippen molar-refractivity contribution in [3.05, 3.63) is 33.8 Å². The van der Waals surface area contributed by atoms with Crippen molar-refractivity contribution in [3.63, 3.8) is 0 Å². The zero-order valence-electron chi connectivity index (χ0n) is 12.2. The lowest BCUT2D eigenvalue weighted by Crippen LogP contribution is -2.26. The van der Waals surface area contributed by atoms with Gasteiger partial charge in [-0.05, 0) is 73.6 Å². The van der Waals surface area contributed by atoms with E-state index in [1.807, 2.05) is 0 Å². The highest BCUT2D eigenvalue weighted by atomic mass is 35.5. The van der Waals surface area contributed by atoms with E-state index in [9.17, 15) is 0 Å². The van der Waals surface area contributed by atoms with Gasteiger partial charge < -0.3 is 5.73 Å². The quantitative estimate of drug-likeness (QED) is 0.842. The van der Waals surface area contributed by atoms with Crippen LogP contribution in [-0.2, 0) is 19.3 Å². The van der Waals surface area contributed by atoms with E-state index in [1.165, 1.54) is 42.4 Å². The average molecular weight is 280 g/mol. The first-order valence-electron chi connectivity index (χ1n) is 7.63. The highest BCUT2D eigenvalue weighted by Gasteiger charge is 2.13. The lowest BCUT2D eigenvalue weighted by atomic mass is 9.89. The predicted molar refractivity (Wildman–Crippen MR) is 83.8 cm³/mol. The molecule has 1 unspecified atom stereocenters. The Bertz CT molecular complexity index is 426. The van der Waals surface area contributed by atoms with Crippen molar-refractivity contribution in [2.45, 2.75) is 64.8 Å².